The van der Waals surface area contributed by atoms with Gasteiger partial charge in [-0.2, -0.15) is 0 Å². The molecular weight excluding hydrogens is 250 g/mol. The number of carbonyl (C=O) groups excluding carboxylic acids is 1. The minimum atomic E-state index is -0.961. The Bertz CT molecular complexity index is 499. The van der Waals surface area contributed by atoms with E-state index in [2.05, 4.69) is 10.5 Å². The minimum absolute atomic E-state index is 0.0364. The summed E-state index contributed by atoms with van der Waals surface area (Å²) in [5, 5.41) is 15.5. The molecule has 0 aromatic carbocycles. The number of carboxylic acid groups (broad SMARTS) is 1. The fraction of sp³-hybridized carbons (Fsp3) is 0.583. The molecular formula is C12H17N3O4. The first kappa shape index (κ1) is 13.5. The van der Waals surface area contributed by atoms with E-state index >= 15 is 0 Å². The van der Waals surface area contributed by atoms with Crippen molar-refractivity contribution in [3.8, 4) is 0 Å². The maximum atomic E-state index is 11.9. The summed E-state index contributed by atoms with van der Waals surface area (Å²) >= 11 is 0. The maximum absolute atomic E-state index is 11.9. The summed E-state index contributed by atoms with van der Waals surface area (Å²) in [5.74, 6) is -0.233. The summed E-state index contributed by atoms with van der Waals surface area (Å²) < 4.78 is 4.84. The number of aliphatic carboxylic acids is 1. The van der Waals surface area contributed by atoms with Crippen molar-refractivity contribution in [3.63, 3.8) is 0 Å². The number of likely N-dealkylation sites (tertiary alicyclic amines) is 1. The molecule has 1 aromatic rings. The van der Waals surface area contributed by atoms with E-state index in [1.807, 2.05) is 0 Å². The SMILES string of the molecule is Cc1cc(NC(=O)CN2CCCC2(C)C(=O)O)no1. The lowest BCUT2D eigenvalue weighted by atomic mass is 9.99. The molecule has 0 aliphatic carbocycles. The number of carbonyl (C=O) groups is 2. The highest BCUT2D eigenvalue weighted by molar-refractivity contribution is 5.92. The molecule has 1 saturated heterocycles. The lowest BCUT2D eigenvalue weighted by Gasteiger charge is -2.30. The average molecular weight is 267 g/mol. The molecule has 104 valence electrons. The molecule has 1 unspecified atom stereocenters. The molecule has 1 amide bonds. The van der Waals surface area contributed by atoms with Crippen LogP contribution < -0.4 is 5.32 Å². The Labute approximate surface area is 110 Å². The smallest absolute Gasteiger partial charge is 0.323 e. The van der Waals surface area contributed by atoms with Crippen LogP contribution in [0.4, 0.5) is 5.82 Å². The van der Waals surface area contributed by atoms with Crippen LogP contribution in [0, 0.1) is 6.92 Å². The summed E-state index contributed by atoms with van der Waals surface area (Å²) in [5.41, 5.74) is -0.961. The van der Waals surface area contributed by atoms with Crippen molar-refractivity contribution in [2.75, 3.05) is 18.4 Å². The van der Waals surface area contributed by atoms with Gasteiger partial charge in [0.1, 0.15) is 11.3 Å². The van der Waals surface area contributed by atoms with Crippen molar-refractivity contribution in [2.24, 2.45) is 0 Å². The molecule has 19 heavy (non-hydrogen) atoms. The van der Waals surface area contributed by atoms with E-state index in [9.17, 15) is 14.7 Å². The molecule has 1 aliphatic rings. The first-order valence-corrected chi connectivity index (χ1v) is 6.13. The summed E-state index contributed by atoms with van der Waals surface area (Å²) in [4.78, 5) is 24.8. The van der Waals surface area contributed by atoms with Gasteiger partial charge in [-0.25, -0.2) is 0 Å². The molecule has 0 spiro atoms. The molecule has 0 bridgehead atoms. The van der Waals surface area contributed by atoms with Gasteiger partial charge in [-0.05, 0) is 33.2 Å². The van der Waals surface area contributed by atoms with Crippen molar-refractivity contribution < 1.29 is 19.2 Å². The first-order valence-electron chi connectivity index (χ1n) is 6.13. The standard InChI is InChI=1S/C12H17N3O4/c1-8-6-9(14-19-8)13-10(16)7-15-5-3-4-12(15,2)11(17)18/h6H,3-5,7H2,1-2H3,(H,17,18)(H,13,14,16). The fourth-order valence-corrected chi connectivity index (χ4v) is 2.30. The Hall–Kier alpha value is -1.89. The number of anilines is 1. The third kappa shape index (κ3) is 2.76. The second-order valence-corrected chi connectivity index (χ2v) is 4.98. The Morgan fingerprint density at radius 1 is 1.63 bits per heavy atom. The summed E-state index contributed by atoms with van der Waals surface area (Å²) in [6.07, 6.45) is 1.33. The number of aromatic nitrogens is 1. The Kier molecular flexibility index (Phi) is 3.57. The highest BCUT2D eigenvalue weighted by Gasteiger charge is 2.43. The van der Waals surface area contributed by atoms with Gasteiger partial charge in [0.05, 0.1) is 6.54 Å². The molecule has 0 radical (unpaired) electrons. The van der Waals surface area contributed by atoms with E-state index in [0.29, 0.717) is 24.5 Å². The van der Waals surface area contributed by atoms with Crippen LogP contribution in [0.2, 0.25) is 0 Å². The number of carboxylic acids is 1. The van der Waals surface area contributed by atoms with Crippen LogP contribution >= 0.6 is 0 Å². The monoisotopic (exact) mass is 267 g/mol. The van der Waals surface area contributed by atoms with E-state index in [1.165, 1.54) is 0 Å². The van der Waals surface area contributed by atoms with Crippen molar-refractivity contribution in [1.29, 1.82) is 0 Å². The normalized spacial score (nSPS) is 23.5. The van der Waals surface area contributed by atoms with Crippen LogP contribution in [0.5, 0.6) is 0 Å². The van der Waals surface area contributed by atoms with Gasteiger partial charge in [0, 0.05) is 6.07 Å². The predicted octanol–water partition coefficient (Wildman–Crippen LogP) is 0.861. The molecule has 1 fully saturated rings. The molecule has 2 rings (SSSR count). The van der Waals surface area contributed by atoms with E-state index in [0.717, 1.165) is 6.42 Å². The van der Waals surface area contributed by atoms with Gasteiger partial charge in [0.25, 0.3) is 0 Å². The van der Waals surface area contributed by atoms with Crippen molar-refractivity contribution in [2.45, 2.75) is 32.2 Å². The zero-order valence-electron chi connectivity index (χ0n) is 11.0. The molecule has 1 atom stereocenters. The van der Waals surface area contributed by atoms with Crippen LogP contribution in [-0.2, 0) is 9.59 Å². The summed E-state index contributed by atoms with van der Waals surface area (Å²) in [7, 11) is 0. The third-order valence-corrected chi connectivity index (χ3v) is 3.48. The van der Waals surface area contributed by atoms with Gasteiger partial charge < -0.3 is 14.9 Å². The predicted molar refractivity (Wildman–Crippen MR) is 66.7 cm³/mol. The van der Waals surface area contributed by atoms with Crippen molar-refractivity contribution in [1.82, 2.24) is 10.1 Å². The second-order valence-electron chi connectivity index (χ2n) is 4.98. The van der Waals surface area contributed by atoms with Crippen LogP contribution in [-0.4, -0.2) is 45.7 Å². The number of amides is 1. The van der Waals surface area contributed by atoms with Gasteiger partial charge in [0.2, 0.25) is 5.91 Å². The van der Waals surface area contributed by atoms with Crippen LogP contribution in [0.1, 0.15) is 25.5 Å². The zero-order chi connectivity index (χ0) is 14.0. The summed E-state index contributed by atoms with van der Waals surface area (Å²) in [6, 6.07) is 1.61. The van der Waals surface area contributed by atoms with Crippen LogP contribution in [0.3, 0.4) is 0 Å². The highest BCUT2D eigenvalue weighted by atomic mass is 16.5. The zero-order valence-corrected chi connectivity index (χ0v) is 11.0. The molecule has 7 nitrogen and oxygen atoms in total. The largest absolute Gasteiger partial charge is 0.480 e. The van der Waals surface area contributed by atoms with Crippen molar-refractivity contribution in [3.05, 3.63) is 11.8 Å². The number of aryl methyl sites for hydroxylation is 1. The van der Waals surface area contributed by atoms with E-state index in [4.69, 9.17) is 4.52 Å². The molecule has 2 N–H and O–H groups in total. The average Bonchev–Trinajstić information content (AvgIpc) is 2.87. The summed E-state index contributed by atoms with van der Waals surface area (Å²) in [6.45, 7) is 4.02. The Morgan fingerprint density at radius 3 is 2.95 bits per heavy atom. The lowest BCUT2D eigenvalue weighted by Crippen LogP contribution is -2.50. The van der Waals surface area contributed by atoms with Gasteiger partial charge in [0.15, 0.2) is 5.82 Å². The van der Waals surface area contributed by atoms with Gasteiger partial charge in [-0.15, -0.1) is 0 Å². The molecule has 1 aliphatic heterocycles. The van der Waals surface area contributed by atoms with Crippen molar-refractivity contribution >= 4 is 17.7 Å². The molecule has 7 heteroatoms. The fourth-order valence-electron chi connectivity index (χ4n) is 2.30. The highest BCUT2D eigenvalue weighted by Crippen LogP contribution is 2.28. The Balaban J connectivity index is 1.97. The molecule has 2 heterocycles. The van der Waals surface area contributed by atoms with Crippen LogP contribution in [0.15, 0.2) is 10.6 Å². The number of hydrogen-bond donors (Lipinski definition) is 2. The molecule has 1 aromatic heterocycles. The minimum Gasteiger partial charge on any atom is -0.480 e. The number of hydrogen-bond acceptors (Lipinski definition) is 5. The third-order valence-electron chi connectivity index (χ3n) is 3.48. The topological polar surface area (TPSA) is 95.7 Å². The lowest BCUT2D eigenvalue weighted by molar-refractivity contribution is -0.149. The van der Waals surface area contributed by atoms with E-state index < -0.39 is 11.5 Å². The number of nitrogens with one attached hydrogen (secondary N) is 1. The van der Waals surface area contributed by atoms with Gasteiger partial charge in [-0.1, -0.05) is 5.16 Å². The Morgan fingerprint density at radius 2 is 2.37 bits per heavy atom. The molecule has 0 saturated carbocycles. The number of nitrogens with zero attached hydrogens (tertiary/aromatic N) is 2. The van der Waals surface area contributed by atoms with Gasteiger partial charge in [-0.3, -0.25) is 14.5 Å². The number of rotatable bonds is 4. The van der Waals surface area contributed by atoms with Crippen LogP contribution in [0.25, 0.3) is 0 Å². The van der Waals surface area contributed by atoms with E-state index in [-0.39, 0.29) is 12.5 Å². The van der Waals surface area contributed by atoms with E-state index in [1.54, 1.807) is 24.8 Å². The van der Waals surface area contributed by atoms with Gasteiger partial charge >= 0.3 is 5.97 Å². The maximum Gasteiger partial charge on any atom is 0.323 e. The first-order chi connectivity index (χ1) is 8.91. The second kappa shape index (κ2) is 5.00. The quantitative estimate of drug-likeness (QED) is 0.840.